The molecule has 27 heavy (non-hydrogen) atoms. The number of aliphatic hydroxyl groups excluding tert-OH is 1. The Morgan fingerprint density at radius 3 is 2.67 bits per heavy atom. The second-order valence-corrected chi connectivity index (χ2v) is 7.58. The third-order valence-electron chi connectivity index (χ3n) is 5.04. The SMILES string of the molecule is Cc1cc(C)n2nc(C3=CCN(C[C@@H](O)c4ccc(Cl)cc4)CC3)cc2n1. The third kappa shape index (κ3) is 3.90. The Hall–Kier alpha value is -2.21. The molecule has 0 aliphatic carbocycles. The maximum absolute atomic E-state index is 10.5. The van der Waals surface area contributed by atoms with Gasteiger partial charge in [-0.05, 0) is 49.6 Å². The zero-order chi connectivity index (χ0) is 19.0. The topological polar surface area (TPSA) is 53.7 Å². The Bertz CT molecular complexity index is 993. The molecule has 0 saturated heterocycles. The number of hydrogen-bond acceptors (Lipinski definition) is 4. The second-order valence-electron chi connectivity index (χ2n) is 7.14. The van der Waals surface area contributed by atoms with Gasteiger partial charge in [0.1, 0.15) is 0 Å². The van der Waals surface area contributed by atoms with E-state index in [1.54, 1.807) is 0 Å². The van der Waals surface area contributed by atoms with Gasteiger partial charge < -0.3 is 5.11 Å². The Labute approximate surface area is 163 Å². The molecule has 0 saturated carbocycles. The molecule has 0 bridgehead atoms. The maximum Gasteiger partial charge on any atom is 0.156 e. The van der Waals surface area contributed by atoms with Crippen LogP contribution in [0.15, 0.2) is 42.5 Å². The number of aryl methyl sites for hydroxylation is 2. The molecule has 1 aliphatic rings. The molecule has 0 radical (unpaired) electrons. The molecule has 1 N–H and O–H groups in total. The van der Waals surface area contributed by atoms with Crippen molar-refractivity contribution in [3.63, 3.8) is 0 Å². The minimum atomic E-state index is -0.512. The number of halogens is 1. The molecule has 0 spiro atoms. The van der Waals surface area contributed by atoms with E-state index in [0.717, 1.165) is 47.8 Å². The molecule has 0 amide bonds. The Balaban J connectivity index is 1.45. The summed E-state index contributed by atoms with van der Waals surface area (Å²) in [6, 6.07) is 11.5. The first-order chi connectivity index (χ1) is 13.0. The fraction of sp³-hybridized carbons (Fsp3) is 0.333. The quantitative estimate of drug-likeness (QED) is 0.745. The summed E-state index contributed by atoms with van der Waals surface area (Å²) in [5.74, 6) is 0. The first-order valence-corrected chi connectivity index (χ1v) is 9.57. The lowest BCUT2D eigenvalue weighted by Gasteiger charge is -2.28. The van der Waals surface area contributed by atoms with Crippen LogP contribution in [0.3, 0.4) is 0 Å². The predicted molar refractivity (Wildman–Crippen MR) is 108 cm³/mol. The highest BCUT2D eigenvalue weighted by Gasteiger charge is 2.19. The van der Waals surface area contributed by atoms with Crippen LogP contribution >= 0.6 is 11.6 Å². The lowest BCUT2D eigenvalue weighted by atomic mass is 10.0. The Kier molecular flexibility index (Phi) is 5.00. The summed E-state index contributed by atoms with van der Waals surface area (Å²) in [4.78, 5) is 6.82. The van der Waals surface area contributed by atoms with Crippen LogP contribution in [0.5, 0.6) is 0 Å². The van der Waals surface area contributed by atoms with Gasteiger partial charge >= 0.3 is 0 Å². The van der Waals surface area contributed by atoms with E-state index >= 15 is 0 Å². The fourth-order valence-corrected chi connectivity index (χ4v) is 3.71. The summed E-state index contributed by atoms with van der Waals surface area (Å²) in [6.07, 6.45) is 2.61. The summed E-state index contributed by atoms with van der Waals surface area (Å²) in [5.41, 5.74) is 6.12. The molecule has 1 atom stereocenters. The average molecular weight is 383 g/mol. The van der Waals surface area contributed by atoms with Crippen molar-refractivity contribution in [1.82, 2.24) is 19.5 Å². The van der Waals surface area contributed by atoms with Gasteiger partial charge in [0.05, 0.1) is 11.8 Å². The van der Waals surface area contributed by atoms with E-state index < -0.39 is 6.10 Å². The average Bonchev–Trinajstić information content (AvgIpc) is 3.07. The van der Waals surface area contributed by atoms with Crippen molar-refractivity contribution in [1.29, 1.82) is 0 Å². The van der Waals surface area contributed by atoms with E-state index in [1.807, 2.05) is 48.7 Å². The van der Waals surface area contributed by atoms with E-state index in [1.165, 1.54) is 5.57 Å². The second kappa shape index (κ2) is 7.43. The lowest BCUT2D eigenvalue weighted by Crippen LogP contribution is -2.32. The number of hydrogen-bond donors (Lipinski definition) is 1. The van der Waals surface area contributed by atoms with Crippen molar-refractivity contribution in [2.75, 3.05) is 19.6 Å². The number of aliphatic hydroxyl groups is 1. The van der Waals surface area contributed by atoms with Crippen LogP contribution in [0.1, 0.15) is 35.2 Å². The molecule has 3 aromatic rings. The Morgan fingerprint density at radius 1 is 1.19 bits per heavy atom. The Morgan fingerprint density at radius 2 is 1.96 bits per heavy atom. The monoisotopic (exact) mass is 382 g/mol. The minimum Gasteiger partial charge on any atom is -0.387 e. The fourth-order valence-electron chi connectivity index (χ4n) is 3.59. The predicted octanol–water partition coefficient (Wildman–Crippen LogP) is 3.82. The summed E-state index contributed by atoms with van der Waals surface area (Å²) < 4.78 is 1.90. The zero-order valence-corrected chi connectivity index (χ0v) is 16.3. The standard InChI is InChI=1S/C21H23ClN4O/c1-14-11-15(2)26-21(23-14)12-19(24-26)16-7-9-25(10-8-16)13-20(27)17-3-5-18(22)6-4-17/h3-7,11-12,20,27H,8-10,13H2,1-2H3/t20-/m1/s1. The zero-order valence-electron chi connectivity index (χ0n) is 15.6. The molecule has 140 valence electrons. The van der Waals surface area contributed by atoms with E-state index in [9.17, 15) is 5.11 Å². The summed E-state index contributed by atoms with van der Waals surface area (Å²) in [6.45, 7) is 6.36. The van der Waals surface area contributed by atoms with Crippen molar-refractivity contribution < 1.29 is 5.11 Å². The van der Waals surface area contributed by atoms with Crippen molar-refractivity contribution in [3.8, 4) is 0 Å². The third-order valence-corrected chi connectivity index (χ3v) is 5.29. The van der Waals surface area contributed by atoms with Crippen molar-refractivity contribution in [2.24, 2.45) is 0 Å². The number of benzene rings is 1. The van der Waals surface area contributed by atoms with Crippen LogP contribution < -0.4 is 0 Å². The van der Waals surface area contributed by atoms with Gasteiger partial charge in [0.2, 0.25) is 0 Å². The maximum atomic E-state index is 10.5. The number of fused-ring (bicyclic) bond motifs is 1. The first kappa shape index (κ1) is 18.2. The van der Waals surface area contributed by atoms with Gasteiger partial charge in [-0.3, -0.25) is 4.90 Å². The summed E-state index contributed by atoms with van der Waals surface area (Å²) in [5, 5.41) is 15.9. The van der Waals surface area contributed by atoms with Gasteiger partial charge in [-0.1, -0.05) is 29.8 Å². The van der Waals surface area contributed by atoms with E-state index in [2.05, 4.69) is 22.0 Å². The van der Waals surface area contributed by atoms with Gasteiger partial charge in [-0.15, -0.1) is 0 Å². The number of β-amino-alcohol motifs (C(OH)–C–C–N with tert-alkyl or cyclic N) is 1. The minimum absolute atomic E-state index is 0.512. The van der Waals surface area contributed by atoms with Gasteiger partial charge in [-0.25, -0.2) is 9.50 Å². The highest BCUT2D eigenvalue weighted by Crippen LogP contribution is 2.24. The molecule has 2 aromatic heterocycles. The number of nitrogens with zero attached hydrogens (tertiary/aromatic N) is 4. The van der Waals surface area contributed by atoms with Crippen LogP contribution in [-0.2, 0) is 0 Å². The normalized spacial score (nSPS) is 16.5. The molecule has 1 aliphatic heterocycles. The van der Waals surface area contributed by atoms with E-state index in [-0.39, 0.29) is 0 Å². The largest absolute Gasteiger partial charge is 0.387 e. The van der Waals surface area contributed by atoms with Gasteiger partial charge in [0.25, 0.3) is 0 Å². The molecular weight excluding hydrogens is 360 g/mol. The van der Waals surface area contributed by atoms with Crippen LogP contribution in [0.4, 0.5) is 0 Å². The molecule has 0 unspecified atom stereocenters. The number of rotatable bonds is 4. The molecule has 3 heterocycles. The molecule has 4 rings (SSSR count). The smallest absolute Gasteiger partial charge is 0.156 e. The van der Waals surface area contributed by atoms with Crippen LogP contribution in [0.25, 0.3) is 11.2 Å². The van der Waals surface area contributed by atoms with Crippen molar-refractivity contribution in [3.05, 3.63) is 70.1 Å². The van der Waals surface area contributed by atoms with Gasteiger partial charge in [0.15, 0.2) is 5.65 Å². The molecule has 6 heteroatoms. The van der Waals surface area contributed by atoms with Crippen molar-refractivity contribution >= 4 is 22.8 Å². The molecule has 0 fully saturated rings. The van der Waals surface area contributed by atoms with Crippen molar-refractivity contribution in [2.45, 2.75) is 26.4 Å². The summed E-state index contributed by atoms with van der Waals surface area (Å²) in [7, 11) is 0. The van der Waals surface area contributed by atoms with Crippen LogP contribution in [0.2, 0.25) is 5.02 Å². The van der Waals surface area contributed by atoms with Gasteiger partial charge in [0, 0.05) is 42.1 Å². The number of aromatic nitrogens is 3. The van der Waals surface area contributed by atoms with Crippen LogP contribution in [-0.4, -0.2) is 44.2 Å². The van der Waals surface area contributed by atoms with Crippen LogP contribution in [0, 0.1) is 13.8 Å². The lowest BCUT2D eigenvalue weighted by molar-refractivity contribution is 0.119. The van der Waals surface area contributed by atoms with Gasteiger partial charge in [-0.2, -0.15) is 5.10 Å². The van der Waals surface area contributed by atoms with E-state index in [4.69, 9.17) is 16.7 Å². The molecule has 5 nitrogen and oxygen atoms in total. The highest BCUT2D eigenvalue weighted by atomic mass is 35.5. The first-order valence-electron chi connectivity index (χ1n) is 9.19. The highest BCUT2D eigenvalue weighted by molar-refractivity contribution is 6.30. The molecular formula is C21H23ClN4O. The molecule has 1 aromatic carbocycles. The van der Waals surface area contributed by atoms with E-state index in [0.29, 0.717) is 11.6 Å². The summed E-state index contributed by atoms with van der Waals surface area (Å²) >= 11 is 5.92.